The lowest BCUT2D eigenvalue weighted by atomic mass is 9.81. The van der Waals surface area contributed by atoms with Crippen LogP contribution in [0.1, 0.15) is 54.4 Å². The Bertz CT molecular complexity index is 713. The molecular formula is C20H32BClN4O3. The number of nitrogens with zero attached hydrogens (tertiary/aromatic N) is 4. The molecule has 0 aliphatic carbocycles. The van der Waals surface area contributed by atoms with Gasteiger partial charge < -0.3 is 19.1 Å². The van der Waals surface area contributed by atoms with E-state index in [0.717, 1.165) is 24.8 Å². The highest BCUT2D eigenvalue weighted by Gasteiger charge is 2.52. The molecule has 3 heterocycles. The Hall–Kier alpha value is -1.38. The smallest absolute Gasteiger partial charge is 0.399 e. The molecule has 9 heteroatoms. The molecule has 7 nitrogen and oxygen atoms in total. The van der Waals surface area contributed by atoms with Gasteiger partial charge in [0.1, 0.15) is 5.88 Å². The summed E-state index contributed by atoms with van der Waals surface area (Å²) >= 11 is 5.78. The number of likely N-dealkylation sites (tertiary alicyclic amines) is 1. The van der Waals surface area contributed by atoms with E-state index in [1.165, 1.54) is 0 Å². The number of carbonyl (C=O) groups excluding carboxylic acids is 1. The standard InChI is InChI=1S/C20H32BClN4O3/c1-14(2)26(13-16-8-7-9-25(16)17(27)10-22)18-23-11-15(12-24-18)21-28-19(3,4)20(5,6)29-21/h11-12,14,16H,7-10,13H2,1-6H3/t16-/m0/s1. The number of amides is 1. The van der Waals surface area contributed by atoms with E-state index in [-0.39, 0.29) is 23.9 Å². The molecule has 0 radical (unpaired) electrons. The van der Waals surface area contributed by atoms with E-state index in [1.54, 1.807) is 12.4 Å². The third-order valence-electron chi connectivity index (χ3n) is 6.28. The largest absolute Gasteiger partial charge is 0.498 e. The second-order valence-corrected chi connectivity index (χ2v) is 9.43. The lowest BCUT2D eigenvalue weighted by Crippen LogP contribution is -2.46. The first kappa shape index (κ1) is 22.3. The van der Waals surface area contributed by atoms with Crippen molar-refractivity contribution in [3.63, 3.8) is 0 Å². The topological polar surface area (TPSA) is 67.8 Å². The van der Waals surface area contributed by atoms with Crippen LogP contribution in [0.5, 0.6) is 0 Å². The highest BCUT2D eigenvalue weighted by atomic mass is 35.5. The predicted molar refractivity (Wildman–Crippen MR) is 116 cm³/mol. The molecule has 2 aliphatic heterocycles. The van der Waals surface area contributed by atoms with Crippen molar-refractivity contribution in [3.05, 3.63) is 12.4 Å². The number of carbonyl (C=O) groups is 1. The normalized spacial score (nSPS) is 23.1. The minimum Gasteiger partial charge on any atom is -0.399 e. The van der Waals surface area contributed by atoms with Crippen molar-refractivity contribution in [2.75, 3.05) is 23.9 Å². The van der Waals surface area contributed by atoms with E-state index in [2.05, 4.69) is 28.7 Å². The summed E-state index contributed by atoms with van der Waals surface area (Å²) in [6.07, 6.45) is 5.52. The molecule has 3 rings (SSSR count). The number of hydrogen-bond donors (Lipinski definition) is 0. The fraction of sp³-hybridized carbons (Fsp3) is 0.750. The van der Waals surface area contributed by atoms with Crippen LogP contribution in [-0.2, 0) is 14.1 Å². The molecular weight excluding hydrogens is 391 g/mol. The molecule has 0 unspecified atom stereocenters. The number of rotatable bonds is 6. The molecule has 2 fully saturated rings. The average Bonchev–Trinajstić information content (AvgIpc) is 3.20. The third-order valence-corrected chi connectivity index (χ3v) is 6.51. The van der Waals surface area contributed by atoms with Crippen LogP contribution in [0.25, 0.3) is 0 Å². The molecule has 1 aromatic heterocycles. The third kappa shape index (κ3) is 4.54. The molecule has 0 N–H and O–H groups in total. The van der Waals surface area contributed by atoms with E-state index in [4.69, 9.17) is 20.9 Å². The lowest BCUT2D eigenvalue weighted by Gasteiger charge is -2.33. The van der Waals surface area contributed by atoms with Crippen molar-refractivity contribution in [2.24, 2.45) is 0 Å². The van der Waals surface area contributed by atoms with Gasteiger partial charge in [0.2, 0.25) is 11.9 Å². The Labute approximate surface area is 179 Å². The van der Waals surface area contributed by atoms with Crippen LogP contribution < -0.4 is 10.4 Å². The minimum absolute atomic E-state index is 0.00472. The molecule has 2 saturated heterocycles. The van der Waals surface area contributed by atoms with Gasteiger partial charge >= 0.3 is 7.12 Å². The lowest BCUT2D eigenvalue weighted by molar-refractivity contribution is -0.129. The number of halogens is 1. The first-order chi connectivity index (χ1) is 13.6. The van der Waals surface area contributed by atoms with E-state index >= 15 is 0 Å². The fourth-order valence-electron chi connectivity index (χ4n) is 3.76. The molecule has 0 bridgehead atoms. The Morgan fingerprint density at radius 3 is 2.38 bits per heavy atom. The summed E-state index contributed by atoms with van der Waals surface area (Å²) in [7, 11) is -0.479. The first-order valence-electron chi connectivity index (χ1n) is 10.4. The van der Waals surface area contributed by atoms with Gasteiger partial charge in [-0.05, 0) is 54.4 Å². The van der Waals surface area contributed by atoms with Crippen LogP contribution in [0.4, 0.5) is 5.95 Å². The Morgan fingerprint density at radius 1 is 1.28 bits per heavy atom. The Morgan fingerprint density at radius 2 is 1.86 bits per heavy atom. The maximum atomic E-state index is 12.1. The molecule has 0 spiro atoms. The van der Waals surface area contributed by atoms with Crippen molar-refractivity contribution in [1.29, 1.82) is 0 Å². The summed E-state index contributed by atoms with van der Waals surface area (Å²) in [4.78, 5) is 25.3. The number of alkyl halides is 1. The molecule has 1 aromatic rings. The van der Waals surface area contributed by atoms with Crippen LogP contribution in [0.15, 0.2) is 12.4 Å². The van der Waals surface area contributed by atoms with Gasteiger partial charge in [-0.25, -0.2) is 9.97 Å². The molecule has 29 heavy (non-hydrogen) atoms. The second kappa shape index (κ2) is 8.40. The van der Waals surface area contributed by atoms with Gasteiger partial charge in [0.15, 0.2) is 0 Å². The zero-order valence-electron chi connectivity index (χ0n) is 18.3. The van der Waals surface area contributed by atoms with Gasteiger partial charge in [0.25, 0.3) is 0 Å². The van der Waals surface area contributed by atoms with Crippen LogP contribution in [-0.4, -0.2) is 70.1 Å². The van der Waals surface area contributed by atoms with Gasteiger partial charge in [-0.3, -0.25) is 4.79 Å². The van der Waals surface area contributed by atoms with Crippen molar-refractivity contribution in [1.82, 2.24) is 14.9 Å². The summed E-state index contributed by atoms with van der Waals surface area (Å²) < 4.78 is 12.2. The number of hydrogen-bond acceptors (Lipinski definition) is 6. The van der Waals surface area contributed by atoms with Gasteiger partial charge in [0, 0.05) is 43.0 Å². The molecule has 1 atom stereocenters. The SMILES string of the molecule is CC(C)N(C[C@@H]1CCCN1C(=O)CCl)c1ncc(B2OC(C)(C)C(C)(C)O2)cn1. The Balaban J connectivity index is 1.74. The second-order valence-electron chi connectivity index (χ2n) is 9.17. The van der Waals surface area contributed by atoms with Crippen molar-refractivity contribution in [3.8, 4) is 0 Å². The number of aromatic nitrogens is 2. The molecule has 0 saturated carbocycles. The van der Waals surface area contributed by atoms with Gasteiger partial charge in [-0.15, -0.1) is 11.6 Å². The molecule has 1 amide bonds. The zero-order valence-corrected chi connectivity index (χ0v) is 19.1. The van der Waals surface area contributed by atoms with Crippen molar-refractivity contribution in [2.45, 2.75) is 77.7 Å². The molecule has 0 aromatic carbocycles. The van der Waals surface area contributed by atoms with Crippen LogP contribution in [0, 0.1) is 0 Å². The maximum absolute atomic E-state index is 12.1. The van der Waals surface area contributed by atoms with Crippen LogP contribution >= 0.6 is 11.6 Å². The molecule has 2 aliphatic rings. The monoisotopic (exact) mass is 422 g/mol. The van der Waals surface area contributed by atoms with Crippen molar-refractivity contribution >= 4 is 36.0 Å². The van der Waals surface area contributed by atoms with E-state index in [9.17, 15) is 4.79 Å². The first-order valence-corrected chi connectivity index (χ1v) is 10.9. The van der Waals surface area contributed by atoms with E-state index < -0.39 is 18.3 Å². The fourth-order valence-corrected chi connectivity index (χ4v) is 3.91. The average molecular weight is 423 g/mol. The quantitative estimate of drug-likeness (QED) is 0.517. The van der Waals surface area contributed by atoms with Crippen LogP contribution in [0.3, 0.4) is 0 Å². The molecule has 160 valence electrons. The predicted octanol–water partition coefficient (Wildman–Crippen LogP) is 2.22. The van der Waals surface area contributed by atoms with Gasteiger partial charge in [-0.1, -0.05) is 0 Å². The van der Waals surface area contributed by atoms with E-state index in [0.29, 0.717) is 12.5 Å². The highest BCUT2D eigenvalue weighted by Crippen LogP contribution is 2.36. The maximum Gasteiger partial charge on any atom is 0.498 e. The summed E-state index contributed by atoms with van der Waals surface area (Å²) in [5.74, 6) is 0.664. The Kier molecular flexibility index (Phi) is 6.46. The number of anilines is 1. The van der Waals surface area contributed by atoms with Gasteiger partial charge in [0.05, 0.1) is 11.2 Å². The summed E-state index contributed by atoms with van der Waals surface area (Å²) in [5, 5.41) is 0. The minimum atomic E-state index is -0.479. The zero-order chi connectivity index (χ0) is 21.4. The van der Waals surface area contributed by atoms with Gasteiger partial charge in [-0.2, -0.15) is 0 Å². The van der Waals surface area contributed by atoms with E-state index in [1.807, 2.05) is 32.6 Å². The van der Waals surface area contributed by atoms with Crippen LogP contribution in [0.2, 0.25) is 0 Å². The summed E-state index contributed by atoms with van der Waals surface area (Å²) in [6, 6.07) is 0.335. The summed E-state index contributed by atoms with van der Waals surface area (Å²) in [5.41, 5.74) is -0.00141. The van der Waals surface area contributed by atoms with Crippen molar-refractivity contribution < 1.29 is 14.1 Å². The highest BCUT2D eigenvalue weighted by molar-refractivity contribution is 6.61. The summed E-state index contributed by atoms with van der Waals surface area (Å²) in [6.45, 7) is 13.8.